The lowest BCUT2D eigenvalue weighted by molar-refractivity contribution is 0.814. The zero-order chi connectivity index (χ0) is 9.84. The minimum absolute atomic E-state index is 0.106. The van der Waals surface area contributed by atoms with E-state index in [0.29, 0.717) is 23.0 Å². The van der Waals surface area contributed by atoms with Crippen molar-refractivity contribution >= 4 is 11.6 Å². The largest absolute Gasteiger partial charge is 0.310 e. The molecule has 0 unspecified atom stereocenters. The van der Waals surface area contributed by atoms with Crippen molar-refractivity contribution in [1.82, 2.24) is 9.97 Å². The van der Waals surface area contributed by atoms with Gasteiger partial charge in [0.1, 0.15) is 11.0 Å². The summed E-state index contributed by atoms with van der Waals surface area (Å²) in [7, 11) is 0. The minimum Gasteiger partial charge on any atom is -0.310 e. The zero-order valence-electron chi connectivity index (χ0n) is 7.85. The van der Waals surface area contributed by atoms with Crippen molar-refractivity contribution in [1.29, 1.82) is 0 Å². The van der Waals surface area contributed by atoms with Gasteiger partial charge in [0.05, 0.1) is 5.56 Å². The molecule has 13 heavy (non-hydrogen) atoms. The summed E-state index contributed by atoms with van der Waals surface area (Å²) in [4.78, 5) is 18.2. The van der Waals surface area contributed by atoms with Crippen LogP contribution in [0.25, 0.3) is 0 Å². The summed E-state index contributed by atoms with van der Waals surface area (Å²) < 4.78 is 0. The molecule has 1 aromatic rings. The van der Waals surface area contributed by atoms with Crippen molar-refractivity contribution in [3.05, 3.63) is 26.9 Å². The Morgan fingerprint density at radius 2 is 2.15 bits per heavy atom. The SMILES string of the molecule is CCCc1nc(Cl)c(CC)c(=O)[nH]1. The third kappa shape index (κ3) is 2.31. The molecule has 0 aromatic carbocycles. The lowest BCUT2D eigenvalue weighted by Gasteiger charge is -2.02. The summed E-state index contributed by atoms with van der Waals surface area (Å²) in [6.45, 7) is 3.92. The lowest BCUT2D eigenvalue weighted by atomic mass is 10.2. The van der Waals surface area contributed by atoms with Crippen molar-refractivity contribution in [2.75, 3.05) is 0 Å². The van der Waals surface area contributed by atoms with E-state index in [0.717, 1.165) is 12.8 Å². The Morgan fingerprint density at radius 3 is 2.62 bits per heavy atom. The van der Waals surface area contributed by atoms with E-state index in [-0.39, 0.29) is 5.56 Å². The molecule has 4 heteroatoms. The summed E-state index contributed by atoms with van der Waals surface area (Å²) >= 11 is 5.84. The van der Waals surface area contributed by atoms with Crippen LogP contribution in [0.15, 0.2) is 4.79 Å². The predicted molar refractivity (Wildman–Crippen MR) is 53.2 cm³/mol. The van der Waals surface area contributed by atoms with Crippen molar-refractivity contribution in [2.24, 2.45) is 0 Å². The monoisotopic (exact) mass is 200 g/mol. The van der Waals surface area contributed by atoms with Crippen LogP contribution in [0.3, 0.4) is 0 Å². The Labute approximate surface area is 82.2 Å². The molecule has 0 saturated heterocycles. The quantitative estimate of drug-likeness (QED) is 0.758. The van der Waals surface area contributed by atoms with E-state index >= 15 is 0 Å². The molecule has 0 amide bonds. The molecule has 1 N–H and O–H groups in total. The number of aromatic amines is 1. The molecule has 0 aliphatic carbocycles. The summed E-state index contributed by atoms with van der Waals surface area (Å²) in [5.41, 5.74) is 0.465. The van der Waals surface area contributed by atoms with E-state index in [1.807, 2.05) is 13.8 Å². The number of H-pyrrole nitrogens is 1. The van der Waals surface area contributed by atoms with Gasteiger partial charge in [-0.05, 0) is 12.8 Å². The fourth-order valence-electron chi connectivity index (χ4n) is 1.18. The smallest absolute Gasteiger partial charge is 0.255 e. The zero-order valence-corrected chi connectivity index (χ0v) is 8.61. The maximum absolute atomic E-state index is 11.4. The third-order valence-electron chi connectivity index (χ3n) is 1.85. The third-order valence-corrected chi connectivity index (χ3v) is 2.17. The molecular formula is C9H13ClN2O. The van der Waals surface area contributed by atoms with Gasteiger partial charge in [0.2, 0.25) is 0 Å². The van der Waals surface area contributed by atoms with Gasteiger partial charge in [-0.3, -0.25) is 4.79 Å². The van der Waals surface area contributed by atoms with E-state index < -0.39 is 0 Å². The van der Waals surface area contributed by atoms with E-state index in [1.54, 1.807) is 0 Å². The van der Waals surface area contributed by atoms with Crippen LogP contribution in [-0.4, -0.2) is 9.97 Å². The molecule has 0 bridgehead atoms. The van der Waals surface area contributed by atoms with E-state index in [1.165, 1.54) is 0 Å². The Hall–Kier alpha value is -0.830. The van der Waals surface area contributed by atoms with Crippen LogP contribution >= 0.6 is 11.6 Å². The molecule has 0 saturated carbocycles. The van der Waals surface area contributed by atoms with Gasteiger partial charge in [0.25, 0.3) is 5.56 Å². The van der Waals surface area contributed by atoms with Gasteiger partial charge in [-0.25, -0.2) is 4.98 Å². The molecule has 0 fully saturated rings. The molecular weight excluding hydrogens is 188 g/mol. The fourth-order valence-corrected chi connectivity index (χ4v) is 1.50. The number of rotatable bonds is 3. The second-order valence-corrected chi connectivity index (χ2v) is 3.24. The van der Waals surface area contributed by atoms with Crippen LogP contribution in [0.4, 0.5) is 0 Å². The maximum atomic E-state index is 11.4. The van der Waals surface area contributed by atoms with Gasteiger partial charge in [0, 0.05) is 6.42 Å². The van der Waals surface area contributed by atoms with Crippen molar-refractivity contribution in [3.63, 3.8) is 0 Å². The lowest BCUT2D eigenvalue weighted by Crippen LogP contribution is -2.16. The normalized spacial score (nSPS) is 10.4. The average Bonchev–Trinajstić information content (AvgIpc) is 2.04. The molecule has 0 spiro atoms. The fraction of sp³-hybridized carbons (Fsp3) is 0.556. The van der Waals surface area contributed by atoms with Crippen LogP contribution in [0, 0.1) is 0 Å². The first kappa shape index (κ1) is 10.3. The molecule has 0 radical (unpaired) electrons. The van der Waals surface area contributed by atoms with Crippen molar-refractivity contribution in [2.45, 2.75) is 33.1 Å². The Bertz CT molecular complexity index is 346. The highest BCUT2D eigenvalue weighted by Crippen LogP contribution is 2.08. The number of hydrogen-bond acceptors (Lipinski definition) is 2. The highest BCUT2D eigenvalue weighted by molar-refractivity contribution is 6.30. The number of aryl methyl sites for hydroxylation is 1. The maximum Gasteiger partial charge on any atom is 0.255 e. The van der Waals surface area contributed by atoms with E-state index in [4.69, 9.17) is 11.6 Å². The van der Waals surface area contributed by atoms with Gasteiger partial charge in [-0.1, -0.05) is 25.4 Å². The molecule has 0 aliphatic rings. The van der Waals surface area contributed by atoms with Crippen molar-refractivity contribution < 1.29 is 0 Å². The van der Waals surface area contributed by atoms with Crippen LogP contribution < -0.4 is 5.56 Å². The predicted octanol–water partition coefficient (Wildman–Crippen LogP) is 1.94. The summed E-state index contributed by atoms with van der Waals surface area (Å²) in [6.07, 6.45) is 2.33. The van der Waals surface area contributed by atoms with Crippen LogP contribution in [0.2, 0.25) is 5.15 Å². The first-order valence-electron chi connectivity index (χ1n) is 4.46. The molecule has 1 aromatic heterocycles. The van der Waals surface area contributed by atoms with Gasteiger partial charge < -0.3 is 4.98 Å². The second kappa shape index (κ2) is 4.42. The first-order valence-corrected chi connectivity index (χ1v) is 4.84. The topological polar surface area (TPSA) is 45.8 Å². The number of nitrogens with one attached hydrogen (secondary N) is 1. The number of halogens is 1. The van der Waals surface area contributed by atoms with E-state index in [9.17, 15) is 4.79 Å². The molecule has 0 aliphatic heterocycles. The molecule has 0 atom stereocenters. The number of nitrogens with zero attached hydrogens (tertiary/aromatic N) is 1. The summed E-state index contributed by atoms with van der Waals surface area (Å²) in [5.74, 6) is 0.676. The van der Waals surface area contributed by atoms with Gasteiger partial charge in [0.15, 0.2) is 0 Å². The van der Waals surface area contributed by atoms with Crippen LogP contribution in [0.1, 0.15) is 31.7 Å². The Balaban J connectivity index is 3.13. The second-order valence-electron chi connectivity index (χ2n) is 2.89. The van der Waals surface area contributed by atoms with Gasteiger partial charge in [-0.15, -0.1) is 0 Å². The average molecular weight is 201 g/mol. The van der Waals surface area contributed by atoms with Crippen LogP contribution in [-0.2, 0) is 12.8 Å². The highest BCUT2D eigenvalue weighted by atomic mass is 35.5. The molecule has 72 valence electrons. The minimum atomic E-state index is -0.106. The number of aromatic nitrogens is 2. The molecule has 1 heterocycles. The number of hydrogen-bond donors (Lipinski definition) is 1. The summed E-state index contributed by atoms with van der Waals surface area (Å²) in [5, 5.41) is 0.342. The van der Waals surface area contributed by atoms with Crippen molar-refractivity contribution in [3.8, 4) is 0 Å². The van der Waals surface area contributed by atoms with E-state index in [2.05, 4.69) is 9.97 Å². The Morgan fingerprint density at radius 1 is 1.46 bits per heavy atom. The van der Waals surface area contributed by atoms with Gasteiger partial charge >= 0.3 is 0 Å². The molecule has 1 rings (SSSR count). The highest BCUT2D eigenvalue weighted by Gasteiger charge is 2.06. The summed E-state index contributed by atoms with van der Waals surface area (Å²) in [6, 6.07) is 0. The molecule has 3 nitrogen and oxygen atoms in total. The Kier molecular flexibility index (Phi) is 3.48. The first-order chi connectivity index (χ1) is 6.19. The van der Waals surface area contributed by atoms with Crippen LogP contribution in [0.5, 0.6) is 0 Å². The standard InChI is InChI=1S/C9H13ClN2O/c1-3-5-7-11-8(10)6(4-2)9(13)12-7/h3-5H2,1-2H3,(H,11,12,13). The van der Waals surface area contributed by atoms with Gasteiger partial charge in [-0.2, -0.15) is 0 Å².